The third-order valence-electron chi connectivity index (χ3n) is 5.53. The Hall–Kier alpha value is -3.74. The number of aromatic nitrogens is 1. The van der Waals surface area contributed by atoms with Gasteiger partial charge in [0, 0.05) is 37.8 Å². The number of rotatable bonds is 6. The van der Waals surface area contributed by atoms with Crippen LogP contribution in [0.25, 0.3) is 0 Å². The summed E-state index contributed by atoms with van der Waals surface area (Å²) >= 11 is 0. The highest BCUT2D eigenvalue weighted by Crippen LogP contribution is 2.32. The van der Waals surface area contributed by atoms with E-state index in [0.717, 1.165) is 12.0 Å². The number of amides is 2. The Morgan fingerprint density at radius 3 is 2.81 bits per heavy atom. The molecule has 1 aliphatic heterocycles. The van der Waals surface area contributed by atoms with Crippen LogP contribution in [0.15, 0.2) is 66.9 Å². The molecule has 1 aliphatic rings. The molecule has 0 saturated heterocycles. The maximum absolute atomic E-state index is 13.5. The van der Waals surface area contributed by atoms with E-state index >= 15 is 0 Å². The van der Waals surface area contributed by atoms with Gasteiger partial charge in [0.25, 0.3) is 0 Å². The van der Waals surface area contributed by atoms with E-state index < -0.39 is 5.82 Å². The maximum atomic E-state index is 13.5. The molecule has 164 valence electrons. The quantitative estimate of drug-likeness (QED) is 0.634. The number of pyridine rings is 1. The molecule has 6 nitrogen and oxygen atoms in total. The van der Waals surface area contributed by atoms with Gasteiger partial charge in [-0.15, -0.1) is 0 Å². The van der Waals surface area contributed by atoms with Crippen LogP contribution in [0, 0.1) is 5.82 Å². The number of carbonyl (C=O) groups is 2. The van der Waals surface area contributed by atoms with Gasteiger partial charge < -0.3 is 15.0 Å². The van der Waals surface area contributed by atoms with Crippen LogP contribution >= 0.6 is 0 Å². The lowest BCUT2D eigenvalue weighted by molar-refractivity contribution is -0.133. The Morgan fingerprint density at radius 1 is 1.16 bits per heavy atom. The topological polar surface area (TPSA) is 71.5 Å². The fourth-order valence-electron chi connectivity index (χ4n) is 3.98. The molecule has 7 heteroatoms. The Bertz CT molecular complexity index is 1130. The summed E-state index contributed by atoms with van der Waals surface area (Å²) < 4.78 is 19.2. The summed E-state index contributed by atoms with van der Waals surface area (Å²) in [5.74, 6) is -0.0103. The molecule has 0 aliphatic carbocycles. The number of fused-ring (bicyclic) bond motifs is 1. The molecular formula is C25H24FN3O3. The first-order valence-electron chi connectivity index (χ1n) is 10.5. The fraction of sp³-hybridized carbons (Fsp3) is 0.240. The van der Waals surface area contributed by atoms with Crippen molar-refractivity contribution in [2.45, 2.75) is 32.4 Å². The van der Waals surface area contributed by atoms with Crippen molar-refractivity contribution in [3.8, 4) is 11.6 Å². The van der Waals surface area contributed by atoms with Gasteiger partial charge in [-0.3, -0.25) is 9.59 Å². The van der Waals surface area contributed by atoms with Gasteiger partial charge >= 0.3 is 0 Å². The van der Waals surface area contributed by atoms with Gasteiger partial charge in [-0.2, -0.15) is 0 Å². The van der Waals surface area contributed by atoms with Crippen LogP contribution in [-0.4, -0.2) is 28.2 Å². The standard InChI is InChI=1S/C25H24FN3O3/c1-17(30)29-13-11-18-6-2-3-10-22(18)23(29)15-24(31)28-16-19-7-5-12-27-25(19)32-21-9-4-8-20(26)14-21/h2-10,12,14,23H,11,13,15-16H2,1H3,(H,28,31). The van der Waals surface area contributed by atoms with E-state index in [1.54, 1.807) is 35.4 Å². The van der Waals surface area contributed by atoms with Crippen LogP contribution in [0.4, 0.5) is 4.39 Å². The molecule has 3 aromatic rings. The Balaban J connectivity index is 1.45. The molecule has 0 bridgehead atoms. The highest BCUT2D eigenvalue weighted by atomic mass is 19.1. The van der Waals surface area contributed by atoms with E-state index in [1.807, 2.05) is 24.3 Å². The zero-order valence-electron chi connectivity index (χ0n) is 17.8. The molecule has 2 aromatic carbocycles. The van der Waals surface area contributed by atoms with Crippen molar-refractivity contribution in [1.82, 2.24) is 15.2 Å². The van der Waals surface area contributed by atoms with Gasteiger partial charge in [0.05, 0.1) is 12.5 Å². The molecule has 0 saturated carbocycles. The molecule has 32 heavy (non-hydrogen) atoms. The average Bonchev–Trinajstić information content (AvgIpc) is 2.78. The summed E-state index contributed by atoms with van der Waals surface area (Å²) in [4.78, 5) is 30.9. The highest BCUT2D eigenvalue weighted by molar-refractivity contribution is 5.79. The van der Waals surface area contributed by atoms with Gasteiger partial charge in [0.1, 0.15) is 11.6 Å². The zero-order valence-corrected chi connectivity index (χ0v) is 17.8. The first-order valence-corrected chi connectivity index (χ1v) is 10.5. The molecule has 2 heterocycles. The summed E-state index contributed by atoms with van der Waals surface area (Å²) in [6.07, 6.45) is 2.52. The first kappa shape index (κ1) is 21.5. The lowest BCUT2D eigenvalue weighted by Gasteiger charge is -2.36. The van der Waals surface area contributed by atoms with Crippen molar-refractivity contribution in [2.75, 3.05) is 6.54 Å². The molecule has 1 N–H and O–H groups in total. The molecule has 0 radical (unpaired) electrons. The van der Waals surface area contributed by atoms with E-state index in [9.17, 15) is 14.0 Å². The third-order valence-corrected chi connectivity index (χ3v) is 5.53. The fourth-order valence-corrected chi connectivity index (χ4v) is 3.98. The normalized spacial score (nSPS) is 15.1. The van der Waals surface area contributed by atoms with Crippen molar-refractivity contribution < 1.29 is 18.7 Å². The largest absolute Gasteiger partial charge is 0.439 e. The maximum Gasteiger partial charge on any atom is 0.224 e. The average molecular weight is 433 g/mol. The van der Waals surface area contributed by atoms with Gasteiger partial charge in [-0.05, 0) is 35.7 Å². The number of benzene rings is 2. The SMILES string of the molecule is CC(=O)N1CCc2ccccc2C1CC(=O)NCc1cccnc1Oc1cccc(F)c1. The number of carbonyl (C=O) groups excluding carboxylic acids is 2. The summed E-state index contributed by atoms with van der Waals surface area (Å²) in [5, 5.41) is 2.90. The lowest BCUT2D eigenvalue weighted by atomic mass is 9.90. The lowest BCUT2D eigenvalue weighted by Crippen LogP contribution is -2.41. The minimum atomic E-state index is -0.406. The summed E-state index contributed by atoms with van der Waals surface area (Å²) in [6, 6.07) is 17.0. The van der Waals surface area contributed by atoms with Gasteiger partial charge in [-0.25, -0.2) is 9.37 Å². The van der Waals surface area contributed by atoms with Crippen LogP contribution in [0.2, 0.25) is 0 Å². The summed E-state index contributed by atoms with van der Waals surface area (Å²) in [7, 11) is 0. The summed E-state index contributed by atoms with van der Waals surface area (Å²) in [5.41, 5.74) is 2.85. The van der Waals surface area contributed by atoms with E-state index in [4.69, 9.17) is 4.74 Å². The van der Waals surface area contributed by atoms with E-state index in [2.05, 4.69) is 10.3 Å². The number of nitrogens with one attached hydrogen (secondary N) is 1. The molecule has 0 spiro atoms. The molecule has 1 aromatic heterocycles. The van der Waals surface area contributed by atoms with Crippen LogP contribution in [-0.2, 0) is 22.6 Å². The molecule has 1 unspecified atom stereocenters. The van der Waals surface area contributed by atoms with Crippen molar-refractivity contribution in [3.05, 3.63) is 89.4 Å². The van der Waals surface area contributed by atoms with Crippen LogP contribution in [0.5, 0.6) is 11.6 Å². The predicted octanol–water partition coefficient (Wildman–Crippen LogP) is 4.17. The van der Waals surface area contributed by atoms with E-state index in [-0.39, 0.29) is 30.8 Å². The van der Waals surface area contributed by atoms with Crippen molar-refractivity contribution >= 4 is 11.8 Å². The number of halogens is 1. The minimum absolute atomic E-state index is 0.0460. The second-order valence-corrected chi connectivity index (χ2v) is 7.68. The number of hydrogen-bond donors (Lipinski definition) is 1. The Morgan fingerprint density at radius 2 is 2.00 bits per heavy atom. The zero-order chi connectivity index (χ0) is 22.5. The number of ether oxygens (including phenoxy) is 1. The van der Waals surface area contributed by atoms with Crippen molar-refractivity contribution in [3.63, 3.8) is 0 Å². The van der Waals surface area contributed by atoms with Crippen molar-refractivity contribution in [1.29, 1.82) is 0 Å². The van der Waals surface area contributed by atoms with E-state index in [0.29, 0.717) is 23.7 Å². The molecule has 1 atom stereocenters. The van der Waals surface area contributed by atoms with Gasteiger partial charge in [-0.1, -0.05) is 36.4 Å². The smallest absolute Gasteiger partial charge is 0.224 e. The monoisotopic (exact) mass is 433 g/mol. The summed E-state index contributed by atoms with van der Waals surface area (Å²) in [6.45, 7) is 2.33. The second-order valence-electron chi connectivity index (χ2n) is 7.68. The molecule has 2 amide bonds. The predicted molar refractivity (Wildman–Crippen MR) is 117 cm³/mol. The Labute approximate surface area is 186 Å². The van der Waals surface area contributed by atoms with Crippen LogP contribution in [0.1, 0.15) is 36.1 Å². The van der Waals surface area contributed by atoms with Gasteiger partial charge in [0.15, 0.2) is 0 Å². The highest BCUT2D eigenvalue weighted by Gasteiger charge is 2.30. The molecular weight excluding hydrogens is 409 g/mol. The third kappa shape index (κ3) is 4.94. The van der Waals surface area contributed by atoms with Crippen LogP contribution in [0.3, 0.4) is 0 Å². The number of hydrogen-bond acceptors (Lipinski definition) is 4. The number of nitrogens with zero attached hydrogens (tertiary/aromatic N) is 2. The first-order chi connectivity index (χ1) is 15.5. The molecule has 4 rings (SSSR count). The minimum Gasteiger partial charge on any atom is -0.439 e. The second kappa shape index (κ2) is 9.60. The van der Waals surface area contributed by atoms with Crippen LogP contribution < -0.4 is 10.1 Å². The van der Waals surface area contributed by atoms with Gasteiger partial charge in [0.2, 0.25) is 17.7 Å². The van der Waals surface area contributed by atoms with E-state index in [1.165, 1.54) is 24.6 Å². The Kier molecular flexibility index (Phi) is 6.44. The molecule has 0 fully saturated rings. The van der Waals surface area contributed by atoms with Crippen molar-refractivity contribution in [2.24, 2.45) is 0 Å².